The number of halogens is 4. The minimum Gasteiger partial charge on any atom is -0.465 e. The van der Waals surface area contributed by atoms with Gasteiger partial charge in [0.15, 0.2) is 5.78 Å². The third kappa shape index (κ3) is 7.02. The van der Waals surface area contributed by atoms with E-state index in [2.05, 4.69) is 15.4 Å². The molecule has 0 heterocycles. The number of benzene rings is 3. The first-order valence-corrected chi connectivity index (χ1v) is 11.8. The number of methoxy groups -OCH3 is 1. The third-order valence-corrected chi connectivity index (χ3v) is 6.11. The number of rotatable bonds is 8. The average Bonchev–Trinajstić information content (AvgIpc) is 2.90. The first-order valence-electron chi connectivity index (χ1n) is 11.5. The fraction of sp³-hybridized carbons (Fsp3) is 0.214. The molecular formula is C28H23ClF3N3O4. The van der Waals surface area contributed by atoms with Crippen LogP contribution in [0.4, 0.5) is 18.9 Å². The molecule has 0 aliphatic heterocycles. The van der Waals surface area contributed by atoms with Crippen molar-refractivity contribution in [3.05, 3.63) is 99.1 Å². The molecule has 0 atom stereocenters. The number of carbonyl (C=O) groups excluding carboxylic acids is 3. The predicted octanol–water partition coefficient (Wildman–Crippen LogP) is 5.75. The second kappa shape index (κ2) is 11.7. The molecule has 0 radical (unpaired) electrons. The summed E-state index contributed by atoms with van der Waals surface area (Å²) in [6.45, 7) is 3.06. The highest BCUT2D eigenvalue weighted by Crippen LogP contribution is 2.33. The molecule has 0 saturated heterocycles. The van der Waals surface area contributed by atoms with Gasteiger partial charge in [-0.05, 0) is 67.9 Å². The highest BCUT2D eigenvalue weighted by atomic mass is 35.5. The monoisotopic (exact) mass is 557 g/mol. The fourth-order valence-electron chi connectivity index (χ4n) is 3.60. The zero-order chi connectivity index (χ0) is 29.0. The molecule has 0 aromatic heterocycles. The highest BCUT2D eigenvalue weighted by Gasteiger charge is 2.34. The Labute approximate surface area is 227 Å². The smallest absolute Gasteiger partial charge is 0.417 e. The SMILES string of the molecule is COC(=O)c1ccc(C(=O)c2ccc(Cl)cc2CNC(C)(C)C(=O)Nc2ccc(C#N)c(C(F)(F)F)c2)cc1. The van der Waals surface area contributed by atoms with Crippen molar-refractivity contribution in [2.45, 2.75) is 32.1 Å². The molecule has 3 aromatic carbocycles. The molecule has 202 valence electrons. The van der Waals surface area contributed by atoms with Crippen LogP contribution in [0.2, 0.25) is 5.02 Å². The van der Waals surface area contributed by atoms with Gasteiger partial charge in [0.05, 0.1) is 35.4 Å². The molecule has 3 rings (SSSR count). The van der Waals surface area contributed by atoms with E-state index < -0.39 is 34.7 Å². The number of nitrogens with one attached hydrogen (secondary N) is 2. The Morgan fingerprint density at radius 3 is 2.21 bits per heavy atom. The Morgan fingerprint density at radius 2 is 1.62 bits per heavy atom. The van der Waals surface area contributed by atoms with E-state index in [9.17, 15) is 27.6 Å². The number of esters is 1. The molecule has 0 aliphatic carbocycles. The zero-order valence-electron chi connectivity index (χ0n) is 21.1. The number of amides is 1. The molecule has 39 heavy (non-hydrogen) atoms. The number of ether oxygens (including phenoxy) is 1. The molecule has 11 heteroatoms. The summed E-state index contributed by atoms with van der Waals surface area (Å²) in [6, 6.07) is 14.9. The van der Waals surface area contributed by atoms with Gasteiger partial charge in [0.25, 0.3) is 0 Å². The molecule has 0 spiro atoms. The summed E-state index contributed by atoms with van der Waals surface area (Å²) >= 11 is 6.15. The van der Waals surface area contributed by atoms with Gasteiger partial charge in [-0.15, -0.1) is 0 Å². The number of alkyl halides is 3. The lowest BCUT2D eigenvalue weighted by Crippen LogP contribution is -2.49. The maximum Gasteiger partial charge on any atom is 0.417 e. The van der Waals surface area contributed by atoms with Crippen LogP contribution >= 0.6 is 11.6 Å². The van der Waals surface area contributed by atoms with E-state index in [1.54, 1.807) is 18.2 Å². The number of carbonyl (C=O) groups is 3. The molecule has 0 bridgehead atoms. The zero-order valence-corrected chi connectivity index (χ0v) is 21.8. The molecular weight excluding hydrogens is 535 g/mol. The van der Waals surface area contributed by atoms with Crippen molar-refractivity contribution in [3.8, 4) is 6.07 Å². The Hall–Kier alpha value is -4.20. The summed E-state index contributed by atoms with van der Waals surface area (Å²) in [4.78, 5) is 37.8. The normalized spacial score (nSPS) is 11.4. The van der Waals surface area contributed by atoms with Crippen molar-refractivity contribution in [2.24, 2.45) is 0 Å². The van der Waals surface area contributed by atoms with Crippen molar-refractivity contribution < 1.29 is 32.3 Å². The second-order valence-electron chi connectivity index (χ2n) is 9.00. The van der Waals surface area contributed by atoms with E-state index in [0.29, 0.717) is 27.8 Å². The molecule has 0 fully saturated rings. The van der Waals surface area contributed by atoms with Crippen molar-refractivity contribution in [1.29, 1.82) is 5.26 Å². The Bertz CT molecular complexity index is 1460. The minimum atomic E-state index is -4.77. The van der Waals surface area contributed by atoms with E-state index in [1.165, 1.54) is 57.4 Å². The Kier molecular flexibility index (Phi) is 8.79. The summed E-state index contributed by atoms with van der Waals surface area (Å²) in [7, 11) is 1.25. The molecule has 1 amide bonds. The third-order valence-electron chi connectivity index (χ3n) is 5.87. The van der Waals surface area contributed by atoms with E-state index in [1.807, 2.05) is 0 Å². The summed E-state index contributed by atoms with van der Waals surface area (Å²) < 4.78 is 44.5. The highest BCUT2D eigenvalue weighted by molar-refractivity contribution is 6.30. The van der Waals surface area contributed by atoms with Gasteiger partial charge in [-0.25, -0.2) is 4.79 Å². The number of nitriles is 1. The first-order chi connectivity index (χ1) is 18.3. The van der Waals surface area contributed by atoms with Crippen LogP contribution in [0, 0.1) is 11.3 Å². The molecule has 0 saturated carbocycles. The first kappa shape index (κ1) is 29.4. The maximum atomic E-state index is 13.3. The van der Waals surface area contributed by atoms with Crippen LogP contribution < -0.4 is 10.6 Å². The largest absolute Gasteiger partial charge is 0.465 e. The number of nitrogens with zero attached hydrogens (tertiary/aromatic N) is 1. The van der Waals surface area contributed by atoms with Crippen molar-refractivity contribution in [2.75, 3.05) is 12.4 Å². The average molecular weight is 558 g/mol. The molecule has 2 N–H and O–H groups in total. The van der Waals surface area contributed by atoms with Gasteiger partial charge in [-0.3, -0.25) is 14.9 Å². The van der Waals surface area contributed by atoms with Gasteiger partial charge in [-0.2, -0.15) is 18.4 Å². The summed E-state index contributed by atoms with van der Waals surface area (Å²) in [5.41, 5.74) is -1.77. The summed E-state index contributed by atoms with van der Waals surface area (Å²) in [5.74, 6) is -1.53. The number of ketones is 1. The van der Waals surface area contributed by atoms with Crippen LogP contribution in [-0.4, -0.2) is 30.3 Å². The van der Waals surface area contributed by atoms with Crippen molar-refractivity contribution in [3.63, 3.8) is 0 Å². The molecule has 7 nitrogen and oxygen atoms in total. The van der Waals surface area contributed by atoms with Gasteiger partial charge in [0.1, 0.15) is 0 Å². The van der Waals surface area contributed by atoms with Gasteiger partial charge in [0, 0.05) is 28.4 Å². The quantitative estimate of drug-likeness (QED) is 0.269. The fourth-order valence-corrected chi connectivity index (χ4v) is 3.79. The molecule has 0 unspecified atom stereocenters. The van der Waals surface area contributed by atoms with Crippen LogP contribution in [0.5, 0.6) is 0 Å². The van der Waals surface area contributed by atoms with Crippen LogP contribution in [0.15, 0.2) is 60.7 Å². The lowest BCUT2D eigenvalue weighted by Gasteiger charge is -2.26. The van der Waals surface area contributed by atoms with Gasteiger partial charge in [-0.1, -0.05) is 23.7 Å². The van der Waals surface area contributed by atoms with Crippen LogP contribution in [-0.2, 0) is 22.3 Å². The summed E-state index contributed by atoms with van der Waals surface area (Å²) in [6.07, 6.45) is -4.77. The molecule has 0 aliphatic rings. The predicted molar refractivity (Wildman–Crippen MR) is 138 cm³/mol. The number of hydrogen-bond acceptors (Lipinski definition) is 6. The van der Waals surface area contributed by atoms with Crippen molar-refractivity contribution in [1.82, 2.24) is 5.32 Å². The lowest BCUT2D eigenvalue weighted by molar-refractivity contribution is -0.137. The maximum absolute atomic E-state index is 13.3. The number of anilines is 1. The van der Waals surface area contributed by atoms with E-state index in [-0.39, 0.29) is 23.6 Å². The summed E-state index contributed by atoms with van der Waals surface area (Å²) in [5, 5.41) is 14.8. The van der Waals surface area contributed by atoms with Crippen LogP contribution in [0.3, 0.4) is 0 Å². The van der Waals surface area contributed by atoms with E-state index >= 15 is 0 Å². The Morgan fingerprint density at radius 1 is 0.974 bits per heavy atom. The van der Waals surface area contributed by atoms with Crippen LogP contribution in [0.1, 0.15) is 56.8 Å². The van der Waals surface area contributed by atoms with Gasteiger partial charge in [0.2, 0.25) is 5.91 Å². The standard InChI is InChI=1S/C28H23ClF3N3O4/c1-27(2,26(38)35-21-10-8-18(14-33)23(13-21)28(30,31)32)34-15-19-12-20(29)9-11-22(19)24(36)16-4-6-17(7-5-16)25(37)39-3/h4-13,34H,15H2,1-3H3,(H,35,38). The second-order valence-corrected chi connectivity index (χ2v) is 9.44. The Balaban J connectivity index is 1.79. The van der Waals surface area contributed by atoms with E-state index in [0.717, 1.165) is 6.07 Å². The van der Waals surface area contributed by atoms with Crippen LogP contribution in [0.25, 0.3) is 0 Å². The molecule has 3 aromatic rings. The minimum absolute atomic E-state index is 0.0173. The van der Waals surface area contributed by atoms with E-state index in [4.69, 9.17) is 16.9 Å². The van der Waals surface area contributed by atoms with Gasteiger partial charge < -0.3 is 10.1 Å². The number of hydrogen-bond donors (Lipinski definition) is 2. The van der Waals surface area contributed by atoms with Crippen molar-refractivity contribution >= 4 is 34.9 Å². The van der Waals surface area contributed by atoms with Gasteiger partial charge >= 0.3 is 12.1 Å². The lowest BCUT2D eigenvalue weighted by atomic mass is 9.96. The topological polar surface area (TPSA) is 108 Å².